The molecule has 6 heteroatoms. The molecule has 0 aromatic carbocycles. The summed E-state index contributed by atoms with van der Waals surface area (Å²) in [5.41, 5.74) is 5.72. The molecule has 0 amide bonds. The number of nitrogens with two attached hydrogens (primary N) is 1. The highest BCUT2D eigenvalue weighted by Crippen LogP contribution is 2.56. The SMILES string of the molecule is Nc1nc(NC23CC4CC(CC(C4)C2)C3)ccc1[N+](=O)[O-]. The predicted molar refractivity (Wildman–Crippen MR) is 79.8 cm³/mol. The van der Waals surface area contributed by atoms with Crippen LogP contribution in [0.2, 0.25) is 0 Å². The van der Waals surface area contributed by atoms with Crippen molar-refractivity contribution in [2.24, 2.45) is 17.8 Å². The molecular formula is C15H20N4O2. The van der Waals surface area contributed by atoms with Gasteiger partial charge in [0.1, 0.15) is 5.82 Å². The number of nitrogens with zero attached hydrogens (tertiary/aromatic N) is 2. The van der Waals surface area contributed by atoms with Gasteiger partial charge < -0.3 is 11.1 Å². The predicted octanol–water partition coefficient (Wildman–Crippen LogP) is 2.95. The Morgan fingerprint density at radius 1 is 1.19 bits per heavy atom. The first-order valence-electron chi connectivity index (χ1n) is 7.72. The maximum absolute atomic E-state index is 10.8. The number of nitro groups is 1. The van der Waals surface area contributed by atoms with Crippen LogP contribution in [0.5, 0.6) is 0 Å². The fourth-order valence-electron chi connectivity index (χ4n) is 5.23. The van der Waals surface area contributed by atoms with E-state index >= 15 is 0 Å². The highest BCUT2D eigenvalue weighted by atomic mass is 16.6. The normalized spacial score (nSPS) is 36.7. The molecule has 4 aliphatic rings. The molecular weight excluding hydrogens is 268 g/mol. The summed E-state index contributed by atoms with van der Waals surface area (Å²) in [5.74, 6) is 3.22. The summed E-state index contributed by atoms with van der Waals surface area (Å²) in [7, 11) is 0. The molecule has 4 fully saturated rings. The van der Waals surface area contributed by atoms with E-state index in [-0.39, 0.29) is 17.0 Å². The van der Waals surface area contributed by atoms with Gasteiger partial charge in [-0.3, -0.25) is 10.1 Å². The third-order valence-electron chi connectivity index (χ3n) is 5.53. The first kappa shape index (κ1) is 12.9. The van der Waals surface area contributed by atoms with Gasteiger partial charge in [-0.15, -0.1) is 0 Å². The fraction of sp³-hybridized carbons (Fsp3) is 0.667. The lowest BCUT2D eigenvalue weighted by Gasteiger charge is -2.57. The lowest BCUT2D eigenvalue weighted by Crippen LogP contribution is -2.54. The van der Waals surface area contributed by atoms with E-state index in [1.807, 2.05) is 0 Å². The molecule has 3 N–H and O–H groups in total. The Labute approximate surface area is 123 Å². The Hall–Kier alpha value is -1.85. The minimum atomic E-state index is -0.489. The minimum absolute atomic E-state index is 0.00488. The molecule has 4 aliphatic carbocycles. The molecule has 1 heterocycles. The standard InChI is InChI=1S/C15H20N4O2/c16-14-12(19(20)21)1-2-13(17-14)18-15-6-9-3-10(7-15)5-11(4-9)8-15/h1-2,9-11H,3-8H2,(H3,16,17,18). The number of nitrogen functional groups attached to an aromatic ring is 1. The molecule has 0 saturated heterocycles. The van der Waals surface area contributed by atoms with E-state index in [1.165, 1.54) is 44.6 Å². The van der Waals surface area contributed by atoms with Gasteiger partial charge in [0.05, 0.1) is 4.92 Å². The first-order chi connectivity index (χ1) is 10.0. The van der Waals surface area contributed by atoms with Crippen LogP contribution in [0, 0.1) is 27.9 Å². The zero-order chi connectivity index (χ0) is 14.6. The maximum atomic E-state index is 10.8. The minimum Gasteiger partial charge on any atom is -0.378 e. The summed E-state index contributed by atoms with van der Waals surface area (Å²) in [6.07, 6.45) is 7.77. The first-order valence-corrected chi connectivity index (χ1v) is 7.72. The van der Waals surface area contributed by atoms with Crippen molar-refractivity contribution in [3.63, 3.8) is 0 Å². The molecule has 1 aromatic heterocycles. The largest absolute Gasteiger partial charge is 0.378 e. The molecule has 0 atom stereocenters. The van der Waals surface area contributed by atoms with Gasteiger partial charge in [0.2, 0.25) is 5.82 Å². The van der Waals surface area contributed by atoms with Crippen LogP contribution in [0.3, 0.4) is 0 Å². The number of pyridine rings is 1. The Bertz CT molecular complexity index is 566. The second-order valence-corrected chi connectivity index (χ2v) is 7.18. The second kappa shape index (κ2) is 4.32. The molecule has 0 spiro atoms. The van der Waals surface area contributed by atoms with E-state index in [1.54, 1.807) is 6.07 Å². The highest BCUT2D eigenvalue weighted by molar-refractivity contribution is 5.57. The van der Waals surface area contributed by atoms with Crippen LogP contribution in [-0.4, -0.2) is 15.4 Å². The van der Waals surface area contributed by atoms with E-state index in [0.29, 0.717) is 5.82 Å². The zero-order valence-corrected chi connectivity index (χ0v) is 11.9. The van der Waals surface area contributed by atoms with Gasteiger partial charge in [0.15, 0.2) is 0 Å². The van der Waals surface area contributed by atoms with Crippen LogP contribution < -0.4 is 11.1 Å². The van der Waals surface area contributed by atoms with Gasteiger partial charge in [0.25, 0.3) is 0 Å². The smallest absolute Gasteiger partial charge is 0.311 e. The van der Waals surface area contributed by atoms with Crippen molar-refractivity contribution in [2.75, 3.05) is 11.1 Å². The third-order valence-corrected chi connectivity index (χ3v) is 5.53. The van der Waals surface area contributed by atoms with Crippen molar-refractivity contribution in [2.45, 2.75) is 44.1 Å². The summed E-state index contributed by atoms with van der Waals surface area (Å²) in [5, 5.41) is 14.4. The Morgan fingerprint density at radius 2 is 1.76 bits per heavy atom. The number of nitrogens with one attached hydrogen (secondary N) is 1. The van der Waals surface area contributed by atoms with Gasteiger partial charge in [-0.05, 0) is 62.3 Å². The molecule has 0 radical (unpaired) electrons. The number of hydrogen-bond acceptors (Lipinski definition) is 5. The molecule has 21 heavy (non-hydrogen) atoms. The molecule has 1 aromatic rings. The number of rotatable bonds is 3. The van der Waals surface area contributed by atoms with Crippen LogP contribution in [0.1, 0.15) is 38.5 Å². The lowest BCUT2D eigenvalue weighted by molar-refractivity contribution is -0.384. The van der Waals surface area contributed by atoms with Gasteiger partial charge in [-0.2, -0.15) is 0 Å². The summed E-state index contributed by atoms with van der Waals surface area (Å²) in [6.45, 7) is 0. The Balaban J connectivity index is 1.58. The van der Waals surface area contributed by atoms with Crippen LogP contribution >= 0.6 is 0 Å². The van der Waals surface area contributed by atoms with Crippen molar-refractivity contribution in [1.29, 1.82) is 0 Å². The quantitative estimate of drug-likeness (QED) is 0.658. The van der Waals surface area contributed by atoms with Crippen LogP contribution in [0.25, 0.3) is 0 Å². The molecule has 4 saturated carbocycles. The van der Waals surface area contributed by atoms with E-state index in [2.05, 4.69) is 10.3 Å². The van der Waals surface area contributed by atoms with Gasteiger partial charge in [0, 0.05) is 11.6 Å². The van der Waals surface area contributed by atoms with Crippen LogP contribution in [-0.2, 0) is 0 Å². The summed E-state index contributed by atoms with van der Waals surface area (Å²) in [4.78, 5) is 14.5. The number of anilines is 2. The number of hydrogen-bond donors (Lipinski definition) is 2. The second-order valence-electron chi connectivity index (χ2n) is 7.18. The lowest BCUT2D eigenvalue weighted by atomic mass is 9.53. The summed E-state index contributed by atoms with van der Waals surface area (Å²) in [6, 6.07) is 3.14. The summed E-state index contributed by atoms with van der Waals surface area (Å²) >= 11 is 0. The maximum Gasteiger partial charge on any atom is 0.311 e. The van der Waals surface area contributed by atoms with Crippen LogP contribution in [0.4, 0.5) is 17.3 Å². The molecule has 4 bridgehead atoms. The molecule has 6 nitrogen and oxygen atoms in total. The van der Waals surface area contributed by atoms with Gasteiger partial charge >= 0.3 is 5.69 Å². The van der Waals surface area contributed by atoms with Crippen molar-refractivity contribution >= 4 is 17.3 Å². The summed E-state index contributed by atoms with van der Waals surface area (Å²) < 4.78 is 0. The van der Waals surface area contributed by atoms with Crippen molar-refractivity contribution < 1.29 is 4.92 Å². The number of aromatic nitrogens is 1. The van der Waals surface area contributed by atoms with Crippen molar-refractivity contribution in [3.05, 3.63) is 22.2 Å². The highest BCUT2D eigenvalue weighted by Gasteiger charge is 2.51. The Morgan fingerprint density at radius 3 is 2.24 bits per heavy atom. The average molecular weight is 288 g/mol. The van der Waals surface area contributed by atoms with E-state index in [9.17, 15) is 10.1 Å². The molecule has 0 aliphatic heterocycles. The zero-order valence-electron chi connectivity index (χ0n) is 11.9. The van der Waals surface area contributed by atoms with E-state index in [0.717, 1.165) is 17.8 Å². The fourth-order valence-corrected chi connectivity index (χ4v) is 5.23. The van der Waals surface area contributed by atoms with E-state index < -0.39 is 4.92 Å². The van der Waals surface area contributed by atoms with Gasteiger partial charge in [-0.25, -0.2) is 4.98 Å². The third kappa shape index (κ3) is 2.13. The van der Waals surface area contributed by atoms with E-state index in [4.69, 9.17) is 5.73 Å². The molecule has 5 rings (SSSR count). The molecule has 0 unspecified atom stereocenters. The molecule has 112 valence electrons. The Kier molecular flexibility index (Phi) is 2.65. The average Bonchev–Trinajstić information content (AvgIpc) is 2.35. The monoisotopic (exact) mass is 288 g/mol. The van der Waals surface area contributed by atoms with Crippen molar-refractivity contribution in [3.8, 4) is 0 Å². The topological polar surface area (TPSA) is 94.1 Å². The van der Waals surface area contributed by atoms with Crippen LogP contribution in [0.15, 0.2) is 12.1 Å². The van der Waals surface area contributed by atoms with Gasteiger partial charge in [-0.1, -0.05) is 0 Å². The van der Waals surface area contributed by atoms with Crippen molar-refractivity contribution in [1.82, 2.24) is 4.98 Å².